The van der Waals surface area contributed by atoms with Crippen LogP contribution in [0.5, 0.6) is 0 Å². The Morgan fingerprint density at radius 3 is 2.90 bits per heavy atom. The molecule has 2 atom stereocenters. The van der Waals surface area contributed by atoms with E-state index >= 15 is 0 Å². The highest BCUT2D eigenvalue weighted by molar-refractivity contribution is 5.92. The first-order chi connectivity index (χ1) is 9.91. The third-order valence-electron chi connectivity index (χ3n) is 4.17. The number of carboxylic acids is 1. The minimum absolute atomic E-state index is 0.266. The van der Waals surface area contributed by atoms with Gasteiger partial charge in [-0.1, -0.05) is 12.8 Å². The number of aryl methyl sites for hydroxylation is 1. The number of nitrogens with zero attached hydrogens (tertiary/aromatic N) is 2. The van der Waals surface area contributed by atoms with Crippen LogP contribution < -0.4 is 5.32 Å². The molecule has 1 aromatic heterocycles. The van der Waals surface area contributed by atoms with Crippen molar-refractivity contribution in [3.63, 3.8) is 0 Å². The maximum Gasteiger partial charge on any atom is 0.311 e. The highest BCUT2D eigenvalue weighted by Gasteiger charge is 2.43. The van der Waals surface area contributed by atoms with Gasteiger partial charge in [0.2, 0.25) is 5.91 Å². The van der Waals surface area contributed by atoms with Crippen LogP contribution in [0.4, 0.5) is 0 Å². The van der Waals surface area contributed by atoms with E-state index in [0.29, 0.717) is 12.8 Å². The molecule has 1 saturated carbocycles. The van der Waals surface area contributed by atoms with E-state index in [2.05, 4.69) is 10.4 Å². The molecule has 2 rings (SSSR count). The van der Waals surface area contributed by atoms with Crippen molar-refractivity contribution in [1.29, 1.82) is 0 Å². The van der Waals surface area contributed by atoms with Gasteiger partial charge < -0.3 is 10.4 Å². The van der Waals surface area contributed by atoms with Gasteiger partial charge in [-0.15, -0.1) is 0 Å². The van der Waals surface area contributed by atoms with Crippen molar-refractivity contribution in [2.45, 2.75) is 38.6 Å². The predicted molar refractivity (Wildman–Crippen MR) is 78.4 cm³/mol. The smallest absolute Gasteiger partial charge is 0.311 e. The zero-order valence-electron chi connectivity index (χ0n) is 12.4. The number of amides is 1. The van der Waals surface area contributed by atoms with E-state index in [-0.39, 0.29) is 11.9 Å². The Labute approximate surface area is 123 Å². The van der Waals surface area contributed by atoms with Crippen molar-refractivity contribution >= 4 is 18.0 Å². The summed E-state index contributed by atoms with van der Waals surface area (Å²) in [5.74, 6) is -1.11. The fourth-order valence-electron chi connectivity index (χ4n) is 2.74. The zero-order chi connectivity index (χ0) is 15.5. The Balaban J connectivity index is 2.00. The van der Waals surface area contributed by atoms with E-state index in [1.807, 2.05) is 0 Å². The molecule has 2 unspecified atom stereocenters. The average molecular weight is 291 g/mol. The fraction of sp³-hybridized carbons (Fsp3) is 0.533. The lowest BCUT2D eigenvalue weighted by atomic mass is 9.71. The van der Waals surface area contributed by atoms with Gasteiger partial charge in [-0.05, 0) is 25.8 Å². The molecule has 0 spiro atoms. The lowest BCUT2D eigenvalue weighted by Crippen LogP contribution is -2.51. The molecule has 0 aromatic carbocycles. The van der Waals surface area contributed by atoms with Gasteiger partial charge in [0.05, 0.1) is 11.6 Å². The maximum atomic E-state index is 12.0. The second kappa shape index (κ2) is 6.11. The second-order valence-electron chi connectivity index (χ2n) is 5.81. The number of nitrogens with one attached hydrogen (secondary N) is 1. The van der Waals surface area contributed by atoms with Crippen LogP contribution in [0.2, 0.25) is 0 Å². The number of carbonyl (C=O) groups is 2. The SMILES string of the molecule is Cn1cc(/C=C/C(=O)NC2CCCCC2(C)C(=O)O)cn1. The van der Waals surface area contributed by atoms with E-state index < -0.39 is 11.4 Å². The largest absolute Gasteiger partial charge is 0.481 e. The normalized spacial score (nSPS) is 25.9. The summed E-state index contributed by atoms with van der Waals surface area (Å²) in [6, 6.07) is -0.324. The number of carbonyl (C=O) groups excluding carboxylic acids is 1. The van der Waals surface area contributed by atoms with Gasteiger partial charge in [0.25, 0.3) is 0 Å². The quantitative estimate of drug-likeness (QED) is 0.825. The third-order valence-corrected chi connectivity index (χ3v) is 4.17. The number of rotatable bonds is 4. The van der Waals surface area contributed by atoms with Crippen LogP contribution in [-0.4, -0.2) is 32.8 Å². The Morgan fingerprint density at radius 1 is 1.52 bits per heavy atom. The van der Waals surface area contributed by atoms with Gasteiger partial charge >= 0.3 is 5.97 Å². The number of carboxylic acid groups (broad SMARTS) is 1. The van der Waals surface area contributed by atoms with Crippen LogP contribution in [0.1, 0.15) is 38.2 Å². The summed E-state index contributed by atoms with van der Waals surface area (Å²) < 4.78 is 1.65. The molecule has 1 aliphatic rings. The molecule has 1 heterocycles. The predicted octanol–water partition coefficient (Wildman–Crippen LogP) is 1.58. The van der Waals surface area contributed by atoms with E-state index in [0.717, 1.165) is 18.4 Å². The Bertz CT molecular complexity index is 564. The Hall–Kier alpha value is -2.11. The van der Waals surface area contributed by atoms with Crippen LogP contribution >= 0.6 is 0 Å². The van der Waals surface area contributed by atoms with E-state index in [4.69, 9.17) is 0 Å². The van der Waals surface area contributed by atoms with Gasteiger partial charge in [0, 0.05) is 30.9 Å². The van der Waals surface area contributed by atoms with Crippen molar-refractivity contribution in [2.24, 2.45) is 12.5 Å². The molecule has 6 heteroatoms. The van der Waals surface area contributed by atoms with Crippen LogP contribution in [0.3, 0.4) is 0 Å². The van der Waals surface area contributed by atoms with Gasteiger partial charge in [-0.3, -0.25) is 14.3 Å². The van der Waals surface area contributed by atoms with Crippen molar-refractivity contribution in [3.05, 3.63) is 24.0 Å². The van der Waals surface area contributed by atoms with Gasteiger partial charge in [-0.2, -0.15) is 5.10 Å². The monoisotopic (exact) mass is 291 g/mol. The van der Waals surface area contributed by atoms with Crippen molar-refractivity contribution in [2.75, 3.05) is 0 Å². The summed E-state index contributed by atoms with van der Waals surface area (Å²) in [7, 11) is 1.80. The van der Waals surface area contributed by atoms with Crippen LogP contribution in [0, 0.1) is 5.41 Å². The van der Waals surface area contributed by atoms with Crippen LogP contribution in [0.25, 0.3) is 6.08 Å². The van der Waals surface area contributed by atoms with Crippen molar-refractivity contribution < 1.29 is 14.7 Å². The summed E-state index contributed by atoms with van der Waals surface area (Å²) >= 11 is 0. The molecule has 1 aliphatic carbocycles. The molecule has 21 heavy (non-hydrogen) atoms. The summed E-state index contributed by atoms with van der Waals surface area (Å²) in [5, 5.41) is 16.3. The molecule has 114 valence electrons. The summed E-state index contributed by atoms with van der Waals surface area (Å²) in [4.78, 5) is 23.5. The first-order valence-electron chi connectivity index (χ1n) is 7.12. The van der Waals surface area contributed by atoms with E-state index in [9.17, 15) is 14.7 Å². The molecule has 0 radical (unpaired) electrons. The molecule has 1 fully saturated rings. The van der Waals surface area contributed by atoms with E-state index in [1.165, 1.54) is 6.08 Å². The standard InChI is InChI=1S/C15H21N3O3/c1-15(14(20)21)8-4-3-5-12(15)17-13(19)7-6-11-9-16-18(2)10-11/h6-7,9-10,12H,3-5,8H2,1-2H3,(H,17,19)(H,20,21)/b7-6+. The van der Waals surface area contributed by atoms with E-state index in [1.54, 1.807) is 37.1 Å². The van der Waals surface area contributed by atoms with Crippen molar-refractivity contribution in [3.8, 4) is 0 Å². The lowest BCUT2D eigenvalue weighted by Gasteiger charge is -2.38. The molecule has 1 amide bonds. The number of aromatic nitrogens is 2. The molecular formula is C15H21N3O3. The highest BCUT2D eigenvalue weighted by atomic mass is 16.4. The molecule has 0 aliphatic heterocycles. The molecule has 2 N–H and O–H groups in total. The third kappa shape index (κ3) is 3.51. The highest BCUT2D eigenvalue weighted by Crippen LogP contribution is 2.36. The van der Waals surface area contributed by atoms with Crippen LogP contribution in [0.15, 0.2) is 18.5 Å². The summed E-state index contributed by atoms with van der Waals surface area (Å²) in [6.45, 7) is 1.71. The minimum Gasteiger partial charge on any atom is -0.481 e. The zero-order valence-corrected chi connectivity index (χ0v) is 12.4. The molecule has 0 bridgehead atoms. The Kier molecular flexibility index (Phi) is 4.45. The summed E-state index contributed by atoms with van der Waals surface area (Å²) in [6.07, 6.45) is 9.68. The molecule has 0 saturated heterocycles. The topological polar surface area (TPSA) is 84.2 Å². The molecule has 1 aromatic rings. The fourth-order valence-corrected chi connectivity index (χ4v) is 2.74. The van der Waals surface area contributed by atoms with Gasteiger partial charge in [-0.25, -0.2) is 0 Å². The van der Waals surface area contributed by atoms with Crippen molar-refractivity contribution in [1.82, 2.24) is 15.1 Å². The molecule has 6 nitrogen and oxygen atoms in total. The maximum absolute atomic E-state index is 12.0. The van der Waals surface area contributed by atoms with Gasteiger partial charge in [0.15, 0.2) is 0 Å². The average Bonchev–Trinajstić information content (AvgIpc) is 2.85. The first kappa shape index (κ1) is 15.3. The number of hydrogen-bond acceptors (Lipinski definition) is 3. The van der Waals surface area contributed by atoms with Crippen LogP contribution in [-0.2, 0) is 16.6 Å². The lowest BCUT2D eigenvalue weighted by molar-refractivity contribution is -0.151. The number of aliphatic carboxylic acids is 1. The number of hydrogen-bond donors (Lipinski definition) is 2. The Morgan fingerprint density at radius 2 is 2.29 bits per heavy atom. The second-order valence-corrected chi connectivity index (χ2v) is 5.81. The molecular weight excluding hydrogens is 270 g/mol. The summed E-state index contributed by atoms with van der Waals surface area (Å²) in [5.41, 5.74) is -0.0481. The first-order valence-corrected chi connectivity index (χ1v) is 7.12. The minimum atomic E-state index is -0.879. The van der Waals surface area contributed by atoms with Gasteiger partial charge in [0.1, 0.15) is 0 Å².